The second-order valence-electron chi connectivity index (χ2n) is 6.84. The molecule has 1 saturated heterocycles. The van der Waals surface area contributed by atoms with E-state index in [4.69, 9.17) is 5.26 Å². The summed E-state index contributed by atoms with van der Waals surface area (Å²) in [5.41, 5.74) is 1.80. The molecule has 0 spiro atoms. The van der Waals surface area contributed by atoms with Crippen LogP contribution in [0.5, 0.6) is 0 Å². The zero-order valence-electron chi connectivity index (χ0n) is 15.9. The van der Waals surface area contributed by atoms with Crippen molar-refractivity contribution < 1.29 is 14.0 Å². The second-order valence-corrected chi connectivity index (χ2v) is 6.84. The van der Waals surface area contributed by atoms with Gasteiger partial charge in [0.2, 0.25) is 5.91 Å². The lowest BCUT2D eigenvalue weighted by Gasteiger charge is -2.34. The average Bonchev–Trinajstić information content (AvgIpc) is 2.71. The van der Waals surface area contributed by atoms with Crippen molar-refractivity contribution in [2.24, 2.45) is 0 Å². The number of nitriles is 1. The highest BCUT2D eigenvalue weighted by molar-refractivity contribution is 6.01. The van der Waals surface area contributed by atoms with Crippen molar-refractivity contribution in [3.05, 3.63) is 65.5 Å². The summed E-state index contributed by atoms with van der Waals surface area (Å²) in [6.07, 6.45) is 0. The van der Waals surface area contributed by atoms with E-state index in [0.717, 1.165) is 25.2 Å². The Bertz CT molecular complexity index is 902. The SMILES string of the molecule is N#Cc1ccc(CN2CCN(CC(=O)NC(=O)Nc3ccccc3F)CC2)cc1. The molecule has 3 amide bonds. The van der Waals surface area contributed by atoms with Crippen molar-refractivity contribution in [1.29, 1.82) is 5.26 Å². The topological polar surface area (TPSA) is 88.5 Å². The fourth-order valence-corrected chi connectivity index (χ4v) is 3.13. The third-order valence-electron chi connectivity index (χ3n) is 4.70. The minimum Gasteiger partial charge on any atom is -0.305 e. The number of nitrogens with zero attached hydrogens (tertiary/aromatic N) is 3. The molecule has 2 aromatic carbocycles. The van der Waals surface area contributed by atoms with Crippen LogP contribution < -0.4 is 10.6 Å². The van der Waals surface area contributed by atoms with Crippen LogP contribution in [0.25, 0.3) is 0 Å². The van der Waals surface area contributed by atoms with Crippen LogP contribution >= 0.6 is 0 Å². The standard InChI is InChI=1S/C21H22FN5O2/c22-18-3-1-2-4-19(18)24-21(29)25-20(28)15-27-11-9-26(10-12-27)14-17-7-5-16(13-23)6-8-17/h1-8H,9-12,14-15H2,(H2,24,25,28,29). The summed E-state index contributed by atoms with van der Waals surface area (Å²) in [6.45, 7) is 3.91. The van der Waals surface area contributed by atoms with Crippen LogP contribution in [0.1, 0.15) is 11.1 Å². The van der Waals surface area contributed by atoms with E-state index in [1.54, 1.807) is 6.07 Å². The Morgan fingerprint density at radius 1 is 1.00 bits per heavy atom. The molecule has 0 saturated carbocycles. The second kappa shape index (κ2) is 9.78. The van der Waals surface area contributed by atoms with Crippen LogP contribution in [0.2, 0.25) is 0 Å². The average molecular weight is 395 g/mol. The van der Waals surface area contributed by atoms with E-state index < -0.39 is 17.8 Å². The van der Waals surface area contributed by atoms with E-state index in [0.29, 0.717) is 18.7 Å². The third-order valence-corrected chi connectivity index (χ3v) is 4.70. The summed E-state index contributed by atoms with van der Waals surface area (Å²) < 4.78 is 13.5. The Hall–Kier alpha value is -3.28. The number of anilines is 1. The lowest BCUT2D eigenvalue weighted by Crippen LogP contribution is -2.50. The summed E-state index contributed by atoms with van der Waals surface area (Å²) in [5, 5.41) is 13.4. The Morgan fingerprint density at radius 2 is 1.66 bits per heavy atom. The Balaban J connectivity index is 1.39. The Morgan fingerprint density at radius 3 is 2.31 bits per heavy atom. The van der Waals surface area contributed by atoms with Gasteiger partial charge in [0.1, 0.15) is 5.82 Å². The highest BCUT2D eigenvalue weighted by atomic mass is 19.1. The van der Waals surface area contributed by atoms with Gasteiger partial charge in [-0.15, -0.1) is 0 Å². The summed E-state index contributed by atoms with van der Waals surface area (Å²) >= 11 is 0. The number of rotatable bonds is 5. The molecule has 7 nitrogen and oxygen atoms in total. The normalized spacial score (nSPS) is 14.8. The first-order chi connectivity index (χ1) is 14.0. The summed E-state index contributed by atoms with van der Waals surface area (Å²) in [5.74, 6) is -0.993. The van der Waals surface area contributed by atoms with Gasteiger partial charge in [-0.05, 0) is 29.8 Å². The first-order valence-corrected chi connectivity index (χ1v) is 9.32. The van der Waals surface area contributed by atoms with Gasteiger partial charge in [0, 0.05) is 32.7 Å². The fourth-order valence-electron chi connectivity index (χ4n) is 3.13. The summed E-state index contributed by atoms with van der Waals surface area (Å²) in [6, 6.07) is 14.6. The highest BCUT2D eigenvalue weighted by Crippen LogP contribution is 2.12. The van der Waals surface area contributed by atoms with E-state index in [1.165, 1.54) is 18.2 Å². The molecule has 1 heterocycles. The molecule has 2 N–H and O–H groups in total. The van der Waals surface area contributed by atoms with Crippen molar-refractivity contribution in [3.63, 3.8) is 0 Å². The maximum atomic E-state index is 13.5. The first kappa shape index (κ1) is 20.5. The van der Waals surface area contributed by atoms with Crippen molar-refractivity contribution in [3.8, 4) is 6.07 Å². The van der Waals surface area contributed by atoms with Crippen LogP contribution in [0.4, 0.5) is 14.9 Å². The molecule has 3 rings (SSSR count). The number of carbonyl (C=O) groups is 2. The molecule has 0 radical (unpaired) electrons. The monoisotopic (exact) mass is 395 g/mol. The highest BCUT2D eigenvalue weighted by Gasteiger charge is 2.20. The molecular formula is C21H22FN5O2. The van der Waals surface area contributed by atoms with Gasteiger partial charge in [-0.2, -0.15) is 5.26 Å². The zero-order valence-corrected chi connectivity index (χ0v) is 15.9. The van der Waals surface area contributed by atoms with E-state index in [9.17, 15) is 14.0 Å². The molecular weight excluding hydrogens is 373 g/mol. The van der Waals surface area contributed by atoms with Crippen molar-refractivity contribution >= 4 is 17.6 Å². The number of hydrogen-bond acceptors (Lipinski definition) is 5. The number of benzene rings is 2. The number of para-hydroxylation sites is 1. The number of imide groups is 1. The summed E-state index contributed by atoms with van der Waals surface area (Å²) in [7, 11) is 0. The molecule has 0 bridgehead atoms. The molecule has 1 aliphatic rings. The molecule has 0 aliphatic carbocycles. The lowest BCUT2D eigenvalue weighted by atomic mass is 10.1. The zero-order chi connectivity index (χ0) is 20.6. The van der Waals surface area contributed by atoms with Crippen molar-refractivity contribution in [2.45, 2.75) is 6.54 Å². The molecule has 1 fully saturated rings. The minimum absolute atomic E-state index is 0.0224. The number of halogens is 1. The van der Waals surface area contributed by atoms with Gasteiger partial charge in [0.05, 0.1) is 23.9 Å². The summed E-state index contributed by atoms with van der Waals surface area (Å²) in [4.78, 5) is 28.2. The van der Waals surface area contributed by atoms with Gasteiger partial charge in [-0.1, -0.05) is 24.3 Å². The van der Waals surface area contributed by atoms with Crippen molar-refractivity contribution in [2.75, 3.05) is 38.0 Å². The minimum atomic E-state index is -0.750. The van der Waals surface area contributed by atoms with Gasteiger partial charge in [-0.25, -0.2) is 9.18 Å². The molecule has 8 heteroatoms. The molecule has 29 heavy (non-hydrogen) atoms. The molecule has 0 aromatic heterocycles. The quantitative estimate of drug-likeness (QED) is 0.810. The maximum absolute atomic E-state index is 13.5. The number of amides is 3. The van der Waals surface area contributed by atoms with E-state index >= 15 is 0 Å². The molecule has 1 aliphatic heterocycles. The van der Waals surface area contributed by atoms with Crippen LogP contribution in [0.3, 0.4) is 0 Å². The Kier molecular flexibility index (Phi) is 6.89. The largest absolute Gasteiger partial charge is 0.326 e. The van der Waals surface area contributed by atoms with E-state index in [-0.39, 0.29) is 12.2 Å². The molecule has 0 atom stereocenters. The smallest absolute Gasteiger partial charge is 0.305 e. The number of carbonyl (C=O) groups excluding carboxylic acids is 2. The van der Waals surface area contributed by atoms with E-state index in [2.05, 4.69) is 21.6 Å². The number of nitrogens with one attached hydrogen (secondary N) is 2. The number of piperazine rings is 1. The van der Waals surface area contributed by atoms with Gasteiger partial charge in [0.15, 0.2) is 0 Å². The predicted molar refractivity (Wildman–Crippen MR) is 106 cm³/mol. The molecule has 0 unspecified atom stereocenters. The van der Waals surface area contributed by atoms with Gasteiger partial charge in [0.25, 0.3) is 0 Å². The van der Waals surface area contributed by atoms with Crippen LogP contribution in [0, 0.1) is 17.1 Å². The first-order valence-electron chi connectivity index (χ1n) is 9.32. The lowest BCUT2D eigenvalue weighted by molar-refractivity contribution is -0.121. The van der Waals surface area contributed by atoms with Gasteiger partial charge >= 0.3 is 6.03 Å². The van der Waals surface area contributed by atoms with E-state index in [1.807, 2.05) is 29.2 Å². The molecule has 2 aromatic rings. The van der Waals surface area contributed by atoms with Crippen molar-refractivity contribution in [1.82, 2.24) is 15.1 Å². The van der Waals surface area contributed by atoms with Crippen LogP contribution in [0.15, 0.2) is 48.5 Å². The third kappa shape index (κ3) is 6.10. The Labute approximate surface area is 168 Å². The fraction of sp³-hybridized carbons (Fsp3) is 0.286. The van der Waals surface area contributed by atoms with Crippen LogP contribution in [-0.2, 0) is 11.3 Å². The number of hydrogen-bond donors (Lipinski definition) is 2. The molecule has 150 valence electrons. The van der Waals surface area contributed by atoms with Gasteiger partial charge in [-0.3, -0.25) is 19.9 Å². The maximum Gasteiger partial charge on any atom is 0.326 e. The predicted octanol–water partition coefficient (Wildman–Crippen LogP) is 2.16. The number of urea groups is 1. The van der Waals surface area contributed by atoms with Crippen LogP contribution in [-0.4, -0.2) is 54.5 Å². The van der Waals surface area contributed by atoms with Gasteiger partial charge < -0.3 is 5.32 Å².